The standard InChI is InChI=1S/C28H42FN3O3/c1-3-12-32-18-28(10-13-31(14-11-28)27(34)30-24-7-5-4-6-23(24)29)26-21-9-8-20(35-2)15-19(21)16-22(26)25(32)17-33/h4-7,19-22,25-26,33H,3,8-18H2,1-2H3,(H,30,34)/t19?,20?,21?,22?,25-,26?/m0/s1. The molecule has 1 aromatic carbocycles. The number of carbonyl (C=O) groups excluding carboxylic acids is 1. The summed E-state index contributed by atoms with van der Waals surface area (Å²) in [4.78, 5) is 17.4. The van der Waals surface area contributed by atoms with Crippen LogP contribution in [0.3, 0.4) is 0 Å². The topological polar surface area (TPSA) is 65.0 Å². The summed E-state index contributed by atoms with van der Waals surface area (Å²) >= 11 is 0. The zero-order valence-corrected chi connectivity index (χ0v) is 21.3. The van der Waals surface area contributed by atoms with Crippen molar-refractivity contribution in [2.75, 3.05) is 45.2 Å². The molecule has 0 radical (unpaired) electrons. The van der Waals surface area contributed by atoms with Gasteiger partial charge in [-0.05, 0) is 92.7 Å². The number of para-hydroxylation sites is 1. The molecule has 0 bridgehead atoms. The summed E-state index contributed by atoms with van der Waals surface area (Å²) in [7, 11) is 1.84. The van der Waals surface area contributed by atoms with E-state index in [0.29, 0.717) is 42.9 Å². The number of likely N-dealkylation sites (tertiary alicyclic amines) is 2. The van der Waals surface area contributed by atoms with Crippen LogP contribution >= 0.6 is 0 Å². The van der Waals surface area contributed by atoms with Gasteiger partial charge < -0.3 is 20.1 Å². The first-order valence-corrected chi connectivity index (χ1v) is 13.7. The van der Waals surface area contributed by atoms with Crippen LogP contribution in [0.25, 0.3) is 0 Å². The Bertz CT molecular complexity index is 890. The molecular formula is C28H42FN3O3. The van der Waals surface area contributed by atoms with Crippen molar-refractivity contribution in [1.82, 2.24) is 9.80 Å². The molecule has 35 heavy (non-hydrogen) atoms. The zero-order chi connectivity index (χ0) is 24.6. The highest BCUT2D eigenvalue weighted by atomic mass is 19.1. The first kappa shape index (κ1) is 25.0. The fraction of sp³-hybridized carbons (Fsp3) is 0.750. The van der Waals surface area contributed by atoms with Crippen LogP contribution in [0.15, 0.2) is 24.3 Å². The van der Waals surface area contributed by atoms with Crippen molar-refractivity contribution in [3.8, 4) is 0 Å². The van der Waals surface area contributed by atoms with E-state index in [9.17, 15) is 14.3 Å². The summed E-state index contributed by atoms with van der Waals surface area (Å²) in [5.41, 5.74) is 0.420. The average Bonchev–Trinajstić information content (AvgIpc) is 3.25. The lowest BCUT2D eigenvalue weighted by molar-refractivity contribution is -0.102. The van der Waals surface area contributed by atoms with Gasteiger partial charge in [-0.2, -0.15) is 0 Å². The fourth-order valence-corrected chi connectivity index (χ4v) is 8.40. The summed E-state index contributed by atoms with van der Waals surface area (Å²) in [5, 5.41) is 13.2. The minimum Gasteiger partial charge on any atom is -0.395 e. The quantitative estimate of drug-likeness (QED) is 0.638. The Balaban J connectivity index is 1.35. The summed E-state index contributed by atoms with van der Waals surface area (Å²) in [5.74, 6) is 2.09. The van der Waals surface area contributed by atoms with Crippen molar-refractivity contribution < 1.29 is 19.0 Å². The number of ether oxygens (including phenoxy) is 1. The lowest BCUT2D eigenvalue weighted by Crippen LogP contribution is -2.62. The smallest absolute Gasteiger partial charge is 0.321 e. The third-order valence-corrected chi connectivity index (χ3v) is 9.87. The van der Waals surface area contributed by atoms with Crippen LogP contribution in [-0.4, -0.2) is 73.0 Å². The first-order valence-electron chi connectivity index (χ1n) is 13.7. The second-order valence-electron chi connectivity index (χ2n) is 11.5. The van der Waals surface area contributed by atoms with Gasteiger partial charge in [-0.15, -0.1) is 0 Å². The maximum absolute atomic E-state index is 14.1. The molecule has 2 heterocycles. The van der Waals surface area contributed by atoms with Crippen molar-refractivity contribution in [3.05, 3.63) is 30.1 Å². The summed E-state index contributed by atoms with van der Waals surface area (Å²) in [6, 6.07) is 6.39. The Morgan fingerprint density at radius 3 is 2.66 bits per heavy atom. The van der Waals surface area contributed by atoms with Gasteiger partial charge in [0.15, 0.2) is 0 Å². The summed E-state index contributed by atoms with van der Waals surface area (Å²) in [6.07, 6.45) is 8.11. The molecule has 2 saturated heterocycles. The van der Waals surface area contributed by atoms with Crippen LogP contribution in [0.2, 0.25) is 0 Å². The van der Waals surface area contributed by atoms with Gasteiger partial charge in [0.2, 0.25) is 0 Å². The van der Waals surface area contributed by atoms with Gasteiger partial charge in [-0.1, -0.05) is 19.1 Å². The van der Waals surface area contributed by atoms with Crippen LogP contribution < -0.4 is 5.32 Å². The highest BCUT2D eigenvalue weighted by molar-refractivity contribution is 5.89. The van der Waals surface area contributed by atoms with E-state index in [4.69, 9.17) is 4.74 Å². The number of aliphatic hydroxyl groups is 1. The number of aliphatic hydroxyl groups excluding tert-OH is 1. The lowest BCUT2D eigenvalue weighted by atomic mass is 9.57. The number of nitrogens with one attached hydrogen (secondary N) is 1. The van der Waals surface area contributed by atoms with E-state index < -0.39 is 5.82 Å². The number of hydrogen-bond acceptors (Lipinski definition) is 4. The molecule has 1 aromatic rings. The van der Waals surface area contributed by atoms with Crippen molar-refractivity contribution in [3.63, 3.8) is 0 Å². The number of fused-ring (bicyclic) bond motifs is 4. The normalized spacial score (nSPS) is 34.5. The van der Waals surface area contributed by atoms with E-state index in [-0.39, 0.29) is 29.8 Å². The Labute approximate surface area is 209 Å². The third kappa shape index (κ3) is 4.60. The van der Waals surface area contributed by atoms with E-state index in [1.807, 2.05) is 12.0 Å². The summed E-state index contributed by atoms with van der Waals surface area (Å²) < 4.78 is 19.8. The maximum atomic E-state index is 14.1. The summed E-state index contributed by atoms with van der Waals surface area (Å²) in [6.45, 7) is 5.90. The van der Waals surface area contributed by atoms with Crippen LogP contribution in [-0.2, 0) is 4.74 Å². The molecular weight excluding hydrogens is 445 g/mol. The van der Waals surface area contributed by atoms with Crippen LogP contribution in [0.4, 0.5) is 14.9 Å². The van der Waals surface area contributed by atoms with Gasteiger partial charge in [-0.3, -0.25) is 4.90 Å². The molecule has 6 atom stereocenters. The minimum absolute atomic E-state index is 0.180. The average molecular weight is 488 g/mol. The number of anilines is 1. The minimum atomic E-state index is -0.404. The molecule has 2 aliphatic carbocycles. The third-order valence-electron chi connectivity index (χ3n) is 9.87. The van der Waals surface area contributed by atoms with Crippen LogP contribution in [0.1, 0.15) is 51.9 Å². The van der Waals surface area contributed by atoms with Gasteiger partial charge in [0.25, 0.3) is 0 Å². The van der Waals surface area contributed by atoms with Crippen LogP contribution in [0, 0.1) is 34.9 Å². The largest absolute Gasteiger partial charge is 0.395 e. The lowest BCUT2D eigenvalue weighted by Gasteiger charge is -2.58. The van der Waals surface area contributed by atoms with Gasteiger partial charge in [0.05, 0.1) is 18.4 Å². The number of hydrogen-bond donors (Lipinski definition) is 2. The molecule has 2 saturated carbocycles. The molecule has 2 amide bonds. The second-order valence-corrected chi connectivity index (χ2v) is 11.5. The Hall–Kier alpha value is -1.70. The molecule has 0 aromatic heterocycles. The molecule has 2 aliphatic heterocycles. The van der Waals surface area contributed by atoms with E-state index >= 15 is 0 Å². The predicted octanol–water partition coefficient (Wildman–Crippen LogP) is 4.59. The van der Waals surface area contributed by atoms with Crippen LogP contribution in [0.5, 0.6) is 0 Å². The van der Waals surface area contributed by atoms with Crippen molar-refractivity contribution >= 4 is 11.7 Å². The zero-order valence-electron chi connectivity index (χ0n) is 21.3. The first-order chi connectivity index (χ1) is 17.0. The number of methoxy groups -OCH3 is 1. The molecule has 1 spiro atoms. The highest BCUT2D eigenvalue weighted by Gasteiger charge is 2.60. The van der Waals surface area contributed by atoms with E-state index in [0.717, 1.165) is 45.2 Å². The van der Waals surface area contributed by atoms with Gasteiger partial charge >= 0.3 is 6.03 Å². The number of nitrogens with zero attached hydrogens (tertiary/aromatic N) is 2. The second kappa shape index (κ2) is 10.3. The number of amides is 2. The van der Waals surface area contributed by atoms with Gasteiger partial charge in [0, 0.05) is 32.8 Å². The maximum Gasteiger partial charge on any atom is 0.321 e. The SMILES string of the molecule is CCCN1CC2(CCN(C(=O)Nc3ccccc3F)CC2)C2C3CCC(OC)CC3CC2[C@@H]1CO. The Kier molecular flexibility index (Phi) is 7.38. The number of benzene rings is 1. The number of piperidine rings is 2. The van der Waals surface area contributed by atoms with Gasteiger partial charge in [-0.25, -0.2) is 9.18 Å². The number of carbonyl (C=O) groups is 1. The Morgan fingerprint density at radius 2 is 1.97 bits per heavy atom. The monoisotopic (exact) mass is 487 g/mol. The van der Waals surface area contributed by atoms with E-state index in [1.54, 1.807) is 18.2 Å². The van der Waals surface area contributed by atoms with Crippen molar-refractivity contribution in [1.29, 1.82) is 0 Å². The molecule has 5 rings (SSSR count). The van der Waals surface area contributed by atoms with E-state index in [2.05, 4.69) is 17.1 Å². The molecule has 2 N–H and O–H groups in total. The molecule has 4 fully saturated rings. The number of halogens is 1. The number of rotatable bonds is 5. The predicted molar refractivity (Wildman–Crippen MR) is 135 cm³/mol. The van der Waals surface area contributed by atoms with Crippen molar-refractivity contribution in [2.24, 2.45) is 29.1 Å². The Morgan fingerprint density at radius 1 is 1.20 bits per heavy atom. The molecule has 194 valence electrons. The highest BCUT2D eigenvalue weighted by Crippen LogP contribution is 2.62. The molecule has 6 nitrogen and oxygen atoms in total. The molecule has 4 aliphatic rings. The molecule has 5 unspecified atom stereocenters. The van der Waals surface area contributed by atoms with Crippen molar-refractivity contribution in [2.45, 2.75) is 64.0 Å². The number of urea groups is 1. The fourth-order valence-electron chi connectivity index (χ4n) is 8.40. The van der Waals surface area contributed by atoms with Gasteiger partial charge in [0.1, 0.15) is 5.82 Å². The van der Waals surface area contributed by atoms with E-state index in [1.165, 1.54) is 18.9 Å². The molecule has 7 heteroatoms.